The third-order valence-corrected chi connectivity index (χ3v) is 5.44. The lowest BCUT2D eigenvalue weighted by Crippen LogP contribution is -1.84. The van der Waals surface area contributed by atoms with Crippen molar-refractivity contribution >= 4 is 8.19 Å². The van der Waals surface area contributed by atoms with Crippen molar-refractivity contribution in [3.8, 4) is 38.9 Å². The lowest BCUT2D eigenvalue weighted by Gasteiger charge is -2.10. The highest BCUT2D eigenvalue weighted by molar-refractivity contribution is 7.34. The second kappa shape index (κ2) is 6.39. The van der Waals surface area contributed by atoms with Crippen LogP contribution in [0.3, 0.4) is 0 Å². The number of benzene rings is 3. The molecule has 1 heterocycles. The number of hydrogen-bond donors (Lipinski definition) is 1. The van der Waals surface area contributed by atoms with Crippen LogP contribution in [0, 0.1) is 0 Å². The molecule has 2 heteroatoms. The molecule has 0 aliphatic heterocycles. The van der Waals surface area contributed by atoms with Crippen LogP contribution in [0.25, 0.3) is 33.1 Å². The number of hydrogen-bond acceptors (Lipinski definition) is 1. The van der Waals surface area contributed by atoms with Crippen molar-refractivity contribution in [3.05, 3.63) is 90.7 Å². The fourth-order valence-corrected chi connectivity index (χ4v) is 4.46. The van der Waals surface area contributed by atoms with Crippen molar-refractivity contribution in [1.82, 2.24) is 0 Å². The van der Waals surface area contributed by atoms with Crippen LogP contribution in [0.15, 0.2) is 90.7 Å². The van der Waals surface area contributed by atoms with Crippen LogP contribution in [0.5, 0.6) is 5.75 Å². The van der Waals surface area contributed by atoms with E-state index < -0.39 is 0 Å². The smallest absolute Gasteiger partial charge is 0.123 e. The lowest BCUT2D eigenvalue weighted by atomic mass is 9.94. The zero-order valence-electron chi connectivity index (χ0n) is 13.1. The predicted octanol–water partition coefficient (Wildman–Crippen LogP) is 6.42. The third-order valence-electron chi connectivity index (χ3n) is 4.20. The van der Waals surface area contributed by atoms with E-state index in [1.165, 1.54) is 27.5 Å². The van der Waals surface area contributed by atoms with Crippen molar-refractivity contribution < 1.29 is 5.11 Å². The quantitative estimate of drug-likeness (QED) is 0.460. The van der Waals surface area contributed by atoms with Crippen LogP contribution >= 0.6 is 8.19 Å². The van der Waals surface area contributed by atoms with Gasteiger partial charge in [-0.1, -0.05) is 78.9 Å². The molecular formula is C22H17OP. The van der Waals surface area contributed by atoms with Gasteiger partial charge >= 0.3 is 0 Å². The molecule has 0 fully saturated rings. The van der Waals surface area contributed by atoms with Gasteiger partial charge in [0.25, 0.3) is 0 Å². The lowest BCUT2D eigenvalue weighted by molar-refractivity contribution is 0.477. The molecule has 3 aromatic carbocycles. The van der Waals surface area contributed by atoms with Crippen molar-refractivity contribution in [2.45, 2.75) is 0 Å². The van der Waals surface area contributed by atoms with Crippen molar-refractivity contribution in [1.29, 1.82) is 0 Å². The van der Waals surface area contributed by atoms with Crippen molar-refractivity contribution in [2.75, 3.05) is 0 Å². The summed E-state index contributed by atoms with van der Waals surface area (Å²) in [4.78, 5) is 0. The van der Waals surface area contributed by atoms with Gasteiger partial charge in [-0.05, 0) is 28.6 Å². The van der Waals surface area contributed by atoms with Gasteiger partial charge in [0.15, 0.2) is 0 Å². The molecule has 24 heavy (non-hydrogen) atoms. The molecule has 0 spiro atoms. The van der Waals surface area contributed by atoms with Crippen molar-refractivity contribution in [2.24, 2.45) is 0 Å². The first-order chi connectivity index (χ1) is 11.8. The second-order valence-electron chi connectivity index (χ2n) is 5.70. The molecule has 4 rings (SSSR count). The average molecular weight is 328 g/mol. The topological polar surface area (TPSA) is 20.2 Å². The van der Waals surface area contributed by atoms with E-state index in [2.05, 4.69) is 54.3 Å². The zero-order chi connectivity index (χ0) is 16.4. The summed E-state index contributed by atoms with van der Waals surface area (Å²) in [5.41, 5.74) is 5.81. The van der Waals surface area contributed by atoms with Gasteiger partial charge in [-0.15, -0.1) is 8.19 Å². The van der Waals surface area contributed by atoms with Crippen LogP contribution in [-0.4, -0.2) is 5.11 Å². The predicted molar refractivity (Wildman–Crippen MR) is 104 cm³/mol. The summed E-state index contributed by atoms with van der Waals surface area (Å²) in [6.45, 7) is 0. The Morgan fingerprint density at radius 2 is 1.17 bits per heavy atom. The summed E-state index contributed by atoms with van der Waals surface area (Å²) in [6, 6.07) is 28.5. The van der Waals surface area contributed by atoms with Gasteiger partial charge in [0, 0.05) is 16.4 Å². The van der Waals surface area contributed by atoms with E-state index in [9.17, 15) is 5.11 Å². The molecule has 0 aliphatic carbocycles. The maximum absolute atomic E-state index is 10.3. The monoisotopic (exact) mass is 328 g/mol. The molecule has 1 aromatic heterocycles. The van der Waals surface area contributed by atoms with E-state index in [0.29, 0.717) is 13.9 Å². The maximum Gasteiger partial charge on any atom is 0.123 e. The van der Waals surface area contributed by atoms with Crippen LogP contribution < -0.4 is 0 Å². The van der Waals surface area contributed by atoms with Crippen LogP contribution in [0.2, 0.25) is 0 Å². The molecular weight excluding hydrogens is 311 g/mol. The SMILES string of the molecule is Oc1ccccc1-c1[pH]cc(-c2ccccc2)c1-c1ccccc1. The van der Waals surface area contributed by atoms with Crippen LogP contribution in [0.4, 0.5) is 0 Å². The minimum atomic E-state index is 0.344. The number of aromatic hydroxyl groups is 1. The first kappa shape index (κ1) is 14.8. The standard InChI is InChI=1S/C22H17OP/c23-20-14-8-7-13-18(20)22-21(17-11-5-2-6-12-17)19(15-24-22)16-9-3-1-4-10-16/h1-15,23-24H. The Hall–Kier alpha value is -2.76. The van der Waals surface area contributed by atoms with E-state index >= 15 is 0 Å². The molecule has 4 aromatic rings. The summed E-state index contributed by atoms with van der Waals surface area (Å²) in [5.74, 6) is 2.63. The number of phenolic OH excluding ortho intramolecular Hbond substituents is 1. The van der Waals surface area contributed by atoms with E-state index in [0.717, 1.165) is 5.56 Å². The van der Waals surface area contributed by atoms with Gasteiger partial charge in [0.2, 0.25) is 0 Å². The summed E-state index contributed by atoms with van der Waals surface area (Å²) >= 11 is 0. The highest BCUT2D eigenvalue weighted by Gasteiger charge is 2.17. The molecule has 1 unspecified atom stereocenters. The van der Waals surface area contributed by atoms with Gasteiger partial charge in [-0.3, -0.25) is 0 Å². The van der Waals surface area contributed by atoms with E-state index in [1.54, 1.807) is 6.07 Å². The van der Waals surface area contributed by atoms with E-state index in [-0.39, 0.29) is 0 Å². The number of phenols is 1. The maximum atomic E-state index is 10.3. The Kier molecular flexibility index (Phi) is 3.94. The molecule has 0 saturated heterocycles. The fourth-order valence-electron chi connectivity index (χ4n) is 3.07. The fraction of sp³-hybridized carbons (Fsp3) is 0. The molecule has 1 atom stereocenters. The van der Waals surface area contributed by atoms with Crippen molar-refractivity contribution in [3.63, 3.8) is 0 Å². The minimum absolute atomic E-state index is 0.344. The number of para-hydroxylation sites is 1. The summed E-state index contributed by atoms with van der Waals surface area (Å²) in [6.07, 6.45) is 0. The Morgan fingerprint density at radius 1 is 0.583 bits per heavy atom. The number of rotatable bonds is 3. The normalized spacial score (nSPS) is 11.0. The molecule has 0 amide bonds. The summed E-state index contributed by atoms with van der Waals surface area (Å²) in [5, 5.41) is 11.5. The largest absolute Gasteiger partial charge is 0.507 e. The van der Waals surface area contributed by atoms with Gasteiger partial charge in [-0.25, -0.2) is 0 Å². The first-order valence-electron chi connectivity index (χ1n) is 7.95. The van der Waals surface area contributed by atoms with Gasteiger partial charge in [0.1, 0.15) is 5.75 Å². The van der Waals surface area contributed by atoms with E-state index in [1.807, 2.05) is 30.3 Å². The Balaban J connectivity index is 2.00. The van der Waals surface area contributed by atoms with E-state index in [4.69, 9.17) is 0 Å². The second-order valence-corrected chi connectivity index (χ2v) is 6.78. The first-order valence-corrected chi connectivity index (χ1v) is 9.03. The molecule has 1 N–H and O–H groups in total. The molecule has 0 radical (unpaired) electrons. The Bertz CT molecular complexity index is 956. The Labute approximate surface area is 143 Å². The Morgan fingerprint density at radius 3 is 1.83 bits per heavy atom. The molecule has 116 valence electrons. The average Bonchev–Trinajstić information content (AvgIpc) is 3.08. The van der Waals surface area contributed by atoms with Crippen LogP contribution in [0.1, 0.15) is 0 Å². The molecule has 0 saturated carbocycles. The van der Waals surface area contributed by atoms with Gasteiger partial charge in [-0.2, -0.15) is 0 Å². The summed E-state index contributed by atoms with van der Waals surface area (Å²) in [7, 11) is 0.543. The van der Waals surface area contributed by atoms with Crippen LogP contribution in [-0.2, 0) is 0 Å². The summed E-state index contributed by atoms with van der Waals surface area (Å²) < 4.78 is 0. The highest BCUT2D eigenvalue weighted by atomic mass is 31.0. The third kappa shape index (κ3) is 2.64. The molecule has 0 aliphatic rings. The minimum Gasteiger partial charge on any atom is -0.507 e. The van der Waals surface area contributed by atoms with Gasteiger partial charge in [0.05, 0.1) is 0 Å². The molecule has 0 bridgehead atoms. The van der Waals surface area contributed by atoms with Gasteiger partial charge < -0.3 is 5.11 Å². The highest BCUT2D eigenvalue weighted by Crippen LogP contribution is 2.48. The zero-order valence-corrected chi connectivity index (χ0v) is 14.1. The molecule has 1 nitrogen and oxygen atoms in total.